The van der Waals surface area contributed by atoms with E-state index >= 15 is 0 Å². The Bertz CT molecular complexity index is 195. The van der Waals surface area contributed by atoms with Gasteiger partial charge in [-0.1, -0.05) is 65.7 Å². The van der Waals surface area contributed by atoms with Crippen molar-refractivity contribution in [2.24, 2.45) is 5.92 Å². The minimum atomic E-state index is 0.687. The summed E-state index contributed by atoms with van der Waals surface area (Å²) in [7, 11) is 0. The Morgan fingerprint density at radius 2 is 1.00 bits per heavy atom. The molecular weight excluding hydrogens is 276 g/mol. The maximum Gasteiger partial charge on any atom is 0.0701 e. The molecule has 0 aromatic rings. The summed E-state index contributed by atoms with van der Waals surface area (Å²) < 4.78 is 16.6. The van der Waals surface area contributed by atoms with Crippen molar-refractivity contribution in [3.8, 4) is 0 Å². The van der Waals surface area contributed by atoms with E-state index in [1.807, 2.05) is 0 Å². The Hall–Kier alpha value is -0.120. The van der Waals surface area contributed by atoms with E-state index in [2.05, 4.69) is 20.8 Å². The van der Waals surface area contributed by atoms with Crippen LogP contribution in [0.15, 0.2) is 0 Å². The Balaban J connectivity index is 2.94. The summed E-state index contributed by atoms with van der Waals surface area (Å²) in [5, 5.41) is 0. The average Bonchev–Trinajstić information content (AvgIpc) is 2.50. The highest BCUT2D eigenvalue weighted by molar-refractivity contribution is 4.47. The van der Waals surface area contributed by atoms with Crippen LogP contribution in [0.25, 0.3) is 0 Å². The Morgan fingerprint density at radius 3 is 1.50 bits per heavy atom. The predicted octanol–water partition coefficient (Wildman–Crippen LogP) is 5.22. The molecule has 0 amide bonds. The van der Waals surface area contributed by atoms with Gasteiger partial charge in [0, 0.05) is 13.2 Å². The average molecular weight is 317 g/mol. The van der Waals surface area contributed by atoms with Gasteiger partial charge in [0.25, 0.3) is 0 Å². The normalized spacial score (nSPS) is 11.5. The summed E-state index contributed by atoms with van der Waals surface area (Å²) >= 11 is 0. The van der Waals surface area contributed by atoms with Gasteiger partial charge in [0.15, 0.2) is 0 Å². The van der Waals surface area contributed by atoms with Crippen molar-refractivity contribution in [1.29, 1.82) is 0 Å². The molecule has 0 rings (SSSR count). The lowest BCUT2D eigenvalue weighted by atomic mass is 10.0. The predicted molar refractivity (Wildman–Crippen MR) is 94.5 cm³/mol. The van der Waals surface area contributed by atoms with Crippen molar-refractivity contribution >= 4 is 0 Å². The van der Waals surface area contributed by atoms with Gasteiger partial charge < -0.3 is 14.2 Å². The van der Waals surface area contributed by atoms with Crippen molar-refractivity contribution in [1.82, 2.24) is 0 Å². The van der Waals surface area contributed by atoms with Gasteiger partial charge in [0.2, 0.25) is 0 Å². The SMILES string of the molecule is CCCCCCOCCOCCOCCCCCCC(C)C. The summed E-state index contributed by atoms with van der Waals surface area (Å²) in [5.41, 5.74) is 0. The number of unbranched alkanes of at least 4 members (excludes halogenated alkanes) is 6. The quantitative estimate of drug-likeness (QED) is 0.324. The second-order valence-electron chi connectivity index (χ2n) is 6.49. The molecule has 0 aliphatic heterocycles. The van der Waals surface area contributed by atoms with E-state index < -0.39 is 0 Å². The molecule has 0 unspecified atom stereocenters. The van der Waals surface area contributed by atoms with Gasteiger partial charge in [-0.2, -0.15) is 0 Å². The van der Waals surface area contributed by atoms with Crippen LogP contribution in [-0.4, -0.2) is 39.6 Å². The maximum absolute atomic E-state index is 5.57. The number of hydrogen-bond acceptors (Lipinski definition) is 3. The number of hydrogen-bond donors (Lipinski definition) is 0. The molecular formula is C19H40O3. The van der Waals surface area contributed by atoms with Crippen LogP contribution in [0.3, 0.4) is 0 Å². The lowest BCUT2D eigenvalue weighted by Gasteiger charge is -2.07. The fraction of sp³-hybridized carbons (Fsp3) is 1.00. The molecule has 0 saturated carbocycles. The molecule has 0 aliphatic rings. The molecule has 0 spiro atoms. The van der Waals surface area contributed by atoms with E-state index in [1.165, 1.54) is 57.8 Å². The lowest BCUT2D eigenvalue weighted by Crippen LogP contribution is -2.10. The molecule has 0 bridgehead atoms. The Kier molecular flexibility index (Phi) is 18.8. The summed E-state index contributed by atoms with van der Waals surface area (Å²) in [6.45, 7) is 11.4. The lowest BCUT2D eigenvalue weighted by molar-refractivity contribution is 0.0132. The van der Waals surface area contributed by atoms with Crippen LogP contribution in [0.4, 0.5) is 0 Å². The van der Waals surface area contributed by atoms with Crippen LogP contribution >= 0.6 is 0 Å². The largest absolute Gasteiger partial charge is 0.379 e. The number of rotatable bonds is 18. The van der Waals surface area contributed by atoms with Crippen molar-refractivity contribution in [2.75, 3.05) is 39.6 Å². The fourth-order valence-corrected chi connectivity index (χ4v) is 2.28. The molecule has 134 valence electrons. The molecule has 0 radical (unpaired) electrons. The first-order valence-electron chi connectivity index (χ1n) is 9.50. The van der Waals surface area contributed by atoms with Crippen LogP contribution in [0, 0.1) is 5.92 Å². The summed E-state index contributed by atoms with van der Waals surface area (Å²) in [4.78, 5) is 0. The highest BCUT2D eigenvalue weighted by Gasteiger charge is 1.95. The highest BCUT2D eigenvalue weighted by atomic mass is 16.5. The van der Waals surface area contributed by atoms with Crippen molar-refractivity contribution in [2.45, 2.75) is 78.6 Å². The van der Waals surface area contributed by atoms with E-state index in [-0.39, 0.29) is 0 Å². The van der Waals surface area contributed by atoms with E-state index in [1.54, 1.807) is 0 Å². The van der Waals surface area contributed by atoms with Crippen LogP contribution in [0.5, 0.6) is 0 Å². The molecule has 3 heteroatoms. The zero-order valence-electron chi connectivity index (χ0n) is 15.4. The smallest absolute Gasteiger partial charge is 0.0701 e. The van der Waals surface area contributed by atoms with Gasteiger partial charge in [-0.25, -0.2) is 0 Å². The van der Waals surface area contributed by atoms with E-state index in [0.717, 1.165) is 19.1 Å². The van der Waals surface area contributed by atoms with Crippen molar-refractivity contribution in [3.05, 3.63) is 0 Å². The van der Waals surface area contributed by atoms with E-state index in [0.29, 0.717) is 26.4 Å². The molecule has 22 heavy (non-hydrogen) atoms. The first kappa shape index (κ1) is 21.9. The molecule has 0 aliphatic carbocycles. The van der Waals surface area contributed by atoms with Crippen molar-refractivity contribution < 1.29 is 14.2 Å². The van der Waals surface area contributed by atoms with Crippen LogP contribution in [-0.2, 0) is 14.2 Å². The third-order valence-electron chi connectivity index (χ3n) is 3.71. The van der Waals surface area contributed by atoms with Gasteiger partial charge in [-0.15, -0.1) is 0 Å². The zero-order chi connectivity index (χ0) is 16.3. The zero-order valence-corrected chi connectivity index (χ0v) is 15.4. The summed E-state index contributed by atoms with van der Waals surface area (Å²) in [6, 6.07) is 0. The first-order chi connectivity index (χ1) is 10.8. The minimum Gasteiger partial charge on any atom is -0.379 e. The molecule has 0 heterocycles. The third-order valence-corrected chi connectivity index (χ3v) is 3.71. The molecule has 0 N–H and O–H groups in total. The van der Waals surface area contributed by atoms with Crippen molar-refractivity contribution in [3.63, 3.8) is 0 Å². The first-order valence-corrected chi connectivity index (χ1v) is 9.50. The van der Waals surface area contributed by atoms with Gasteiger partial charge in [-0.05, 0) is 18.8 Å². The molecule has 0 saturated heterocycles. The Labute approximate surface area is 139 Å². The van der Waals surface area contributed by atoms with Crippen LogP contribution < -0.4 is 0 Å². The monoisotopic (exact) mass is 316 g/mol. The van der Waals surface area contributed by atoms with Crippen LogP contribution in [0.1, 0.15) is 78.6 Å². The Morgan fingerprint density at radius 1 is 0.545 bits per heavy atom. The minimum absolute atomic E-state index is 0.687. The molecule has 3 nitrogen and oxygen atoms in total. The van der Waals surface area contributed by atoms with Gasteiger partial charge in [0.05, 0.1) is 26.4 Å². The highest BCUT2D eigenvalue weighted by Crippen LogP contribution is 2.09. The molecule has 0 aromatic heterocycles. The summed E-state index contributed by atoms with van der Waals surface area (Å²) in [5.74, 6) is 0.841. The molecule has 0 fully saturated rings. The molecule has 0 atom stereocenters. The van der Waals surface area contributed by atoms with Gasteiger partial charge in [0.1, 0.15) is 0 Å². The fourth-order valence-electron chi connectivity index (χ4n) is 2.28. The number of ether oxygens (including phenoxy) is 3. The van der Waals surface area contributed by atoms with E-state index in [9.17, 15) is 0 Å². The standard InChI is InChI=1S/C19H40O3/c1-4-5-6-10-13-20-15-17-22-18-16-21-14-11-8-7-9-12-19(2)3/h19H,4-18H2,1-3H3. The molecule has 0 aromatic carbocycles. The summed E-state index contributed by atoms with van der Waals surface area (Å²) in [6.07, 6.45) is 11.6. The topological polar surface area (TPSA) is 27.7 Å². The second-order valence-corrected chi connectivity index (χ2v) is 6.49. The second kappa shape index (κ2) is 18.9. The van der Waals surface area contributed by atoms with E-state index in [4.69, 9.17) is 14.2 Å². The van der Waals surface area contributed by atoms with Crippen LogP contribution in [0.2, 0.25) is 0 Å². The van der Waals surface area contributed by atoms with Gasteiger partial charge >= 0.3 is 0 Å². The van der Waals surface area contributed by atoms with Gasteiger partial charge in [-0.3, -0.25) is 0 Å². The third kappa shape index (κ3) is 19.9. The maximum atomic E-state index is 5.57.